The third kappa shape index (κ3) is 3.37. The lowest BCUT2D eigenvalue weighted by molar-refractivity contribution is 0.692. The Morgan fingerprint density at radius 1 is 1.26 bits per heavy atom. The predicted octanol–water partition coefficient (Wildman–Crippen LogP) is 3.32. The lowest BCUT2D eigenvalue weighted by atomic mass is 10.0. The normalized spacial score (nSPS) is 18.3. The number of piperidine rings is 1. The summed E-state index contributed by atoms with van der Waals surface area (Å²) in [6.45, 7) is 5.59. The number of aromatic nitrogens is 2. The highest BCUT2D eigenvalue weighted by molar-refractivity contribution is 7.80. The van der Waals surface area contributed by atoms with Crippen LogP contribution in [0, 0.1) is 13.8 Å². The minimum absolute atomic E-state index is 0.0843. The van der Waals surface area contributed by atoms with Gasteiger partial charge >= 0.3 is 0 Å². The van der Waals surface area contributed by atoms with E-state index in [1.807, 2.05) is 26.1 Å². The maximum absolute atomic E-state index is 6.37. The number of anilines is 1. The molecule has 0 bridgehead atoms. The molecule has 0 spiro atoms. The lowest BCUT2D eigenvalue weighted by Gasteiger charge is -2.32. The zero-order valence-electron chi connectivity index (χ0n) is 13.2. The number of hydrogen-bond donors (Lipinski definition) is 1. The van der Waals surface area contributed by atoms with Gasteiger partial charge in [0.05, 0.1) is 16.8 Å². The zero-order chi connectivity index (χ0) is 16.6. The minimum atomic E-state index is -0.0843. The highest BCUT2D eigenvalue weighted by atomic mass is 35.5. The Kier molecular flexibility index (Phi) is 4.62. The van der Waals surface area contributed by atoms with Gasteiger partial charge in [0.25, 0.3) is 0 Å². The Labute approximate surface area is 146 Å². The van der Waals surface area contributed by atoms with E-state index in [9.17, 15) is 0 Å². The maximum atomic E-state index is 6.37. The Morgan fingerprint density at radius 2 is 2.04 bits per heavy atom. The molecule has 2 N–H and O–H groups in total. The van der Waals surface area contributed by atoms with Crippen LogP contribution in [0.5, 0.6) is 0 Å². The smallest absolute Gasteiger partial charge is 0.129 e. The molecule has 120 valence electrons. The average Bonchev–Trinajstić information content (AvgIpc) is 2.51. The summed E-state index contributed by atoms with van der Waals surface area (Å²) in [5.74, 6) is 0.865. The van der Waals surface area contributed by atoms with Crippen molar-refractivity contribution in [1.82, 2.24) is 9.97 Å². The first kappa shape index (κ1) is 16.3. The molecule has 0 amide bonds. The molecule has 1 unspecified atom stereocenters. The van der Waals surface area contributed by atoms with E-state index in [1.54, 1.807) is 6.20 Å². The number of thiocarbonyl (C=S) groups is 1. The number of nitrogens with zero attached hydrogens (tertiary/aromatic N) is 3. The number of pyridine rings is 2. The molecule has 1 atom stereocenters. The summed E-state index contributed by atoms with van der Waals surface area (Å²) in [4.78, 5) is 12.1. The first-order valence-corrected chi connectivity index (χ1v) is 8.36. The van der Waals surface area contributed by atoms with Crippen LogP contribution in [0.4, 0.5) is 5.82 Å². The average molecular weight is 347 g/mol. The van der Waals surface area contributed by atoms with Crippen molar-refractivity contribution >= 4 is 34.5 Å². The number of aryl methyl sites for hydroxylation is 2. The van der Waals surface area contributed by atoms with Crippen molar-refractivity contribution in [1.29, 1.82) is 0 Å². The summed E-state index contributed by atoms with van der Waals surface area (Å²) >= 11 is 11.6. The fourth-order valence-corrected chi connectivity index (χ4v) is 3.21. The number of nitrogens with two attached hydrogens (primary N) is 1. The Morgan fingerprint density at radius 3 is 2.74 bits per heavy atom. The van der Waals surface area contributed by atoms with Crippen molar-refractivity contribution in [2.75, 3.05) is 18.0 Å². The van der Waals surface area contributed by atoms with Crippen LogP contribution in [0.1, 0.15) is 17.5 Å². The third-order valence-corrected chi connectivity index (χ3v) is 4.90. The van der Waals surface area contributed by atoms with E-state index in [0.29, 0.717) is 11.6 Å². The molecular weight excluding hydrogens is 328 g/mol. The molecule has 6 heteroatoms. The van der Waals surface area contributed by atoms with Crippen molar-refractivity contribution in [3.05, 3.63) is 40.7 Å². The lowest BCUT2D eigenvalue weighted by Crippen LogP contribution is -2.48. The summed E-state index contributed by atoms with van der Waals surface area (Å²) in [5.41, 5.74) is 10.1. The molecule has 1 fully saturated rings. The van der Waals surface area contributed by atoms with Crippen LogP contribution in [-0.2, 0) is 0 Å². The molecule has 3 heterocycles. The maximum Gasteiger partial charge on any atom is 0.129 e. The summed E-state index contributed by atoms with van der Waals surface area (Å²) < 4.78 is 0. The van der Waals surface area contributed by atoms with E-state index in [-0.39, 0.29) is 6.04 Å². The van der Waals surface area contributed by atoms with E-state index in [2.05, 4.69) is 20.9 Å². The summed E-state index contributed by atoms with van der Waals surface area (Å²) in [6, 6.07) is 4.01. The minimum Gasteiger partial charge on any atom is -0.354 e. The molecule has 0 aliphatic carbocycles. The molecular formula is C17H19ClN4S. The molecule has 3 rings (SSSR count). The van der Waals surface area contributed by atoms with Crippen molar-refractivity contribution in [3.63, 3.8) is 0 Å². The van der Waals surface area contributed by atoms with Crippen molar-refractivity contribution in [2.45, 2.75) is 26.3 Å². The van der Waals surface area contributed by atoms with Gasteiger partial charge in [-0.2, -0.15) is 0 Å². The van der Waals surface area contributed by atoms with Gasteiger partial charge in [-0.1, -0.05) is 29.9 Å². The molecule has 0 saturated carbocycles. The molecule has 0 aromatic carbocycles. The molecule has 23 heavy (non-hydrogen) atoms. The van der Waals surface area contributed by atoms with Crippen LogP contribution in [0.25, 0.3) is 11.3 Å². The van der Waals surface area contributed by atoms with Gasteiger partial charge in [-0.25, -0.2) is 4.98 Å². The number of rotatable bonds is 2. The molecule has 1 saturated heterocycles. The monoisotopic (exact) mass is 346 g/mol. The molecule has 2 aromatic rings. The summed E-state index contributed by atoms with van der Waals surface area (Å²) in [5, 5.41) is 0.602. The van der Waals surface area contributed by atoms with Gasteiger partial charge in [-0.05, 0) is 37.5 Å². The topological polar surface area (TPSA) is 55.0 Å². The van der Waals surface area contributed by atoms with Gasteiger partial charge in [0.2, 0.25) is 0 Å². The largest absolute Gasteiger partial charge is 0.354 e. The number of hydrogen-bond acceptors (Lipinski definition) is 5. The van der Waals surface area contributed by atoms with Crippen LogP contribution < -0.4 is 10.6 Å². The fraction of sp³-hybridized carbons (Fsp3) is 0.353. The second kappa shape index (κ2) is 6.51. The summed E-state index contributed by atoms with van der Waals surface area (Å²) in [6.07, 6.45) is 4.36. The zero-order valence-corrected chi connectivity index (χ0v) is 14.8. The molecule has 1 aliphatic heterocycles. The van der Waals surface area contributed by atoms with Gasteiger partial charge in [0.15, 0.2) is 0 Å². The van der Waals surface area contributed by atoms with Crippen LogP contribution in [0.3, 0.4) is 0 Å². The highest BCUT2D eigenvalue weighted by Crippen LogP contribution is 2.31. The quantitative estimate of drug-likeness (QED) is 0.845. The van der Waals surface area contributed by atoms with Crippen molar-refractivity contribution < 1.29 is 0 Å². The molecule has 1 aliphatic rings. The molecule has 0 radical (unpaired) electrons. The number of halogens is 1. The predicted molar refractivity (Wildman–Crippen MR) is 99.4 cm³/mol. The van der Waals surface area contributed by atoms with Crippen LogP contribution >= 0.6 is 23.8 Å². The molecule has 2 aromatic heterocycles. The van der Waals surface area contributed by atoms with Gasteiger partial charge in [0.1, 0.15) is 5.82 Å². The van der Waals surface area contributed by atoms with Crippen LogP contribution in [0.2, 0.25) is 5.02 Å². The SMILES string of the molecule is Cc1cnc(-c2cc(N3CCC(=S)C(N)C3)ncc2Cl)c(C)c1. The van der Waals surface area contributed by atoms with Gasteiger partial charge in [0, 0.05) is 35.9 Å². The Balaban J connectivity index is 1.98. The van der Waals surface area contributed by atoms with E-state index in [1.165, 1.54) is 0 Å². The Hall–Kier alpha value is -1.56. The second-order valence-corrected chi connectivity index (χ2v) is 6.90. The first-order chi connectivity index (χ1) is 11.0. The van der Waals surface area contributed by atoms with Gasteiger partial charge in [-0.15, -0.1) is 0 Å². The Bertz CT molecular complexity index is 762. The van der Waals surface area contributed by atoms with Crippen molar-refractivity contribution in [3.8, 4) is 11.3 Å². The van der Waals surface area contributed by atoms with Crippen molar-refractivity contribution in [2.24, 2.45) is 5.73 Å². The van der Waals surface area contributed by atoms with Crippen LogP contribution in [0.15, 0.2) is 24.5 Å². The standard InChI is InChI=1S/C17H19ClN4S/c1-10-5-11(2)17(21-7-10)12-6-16(20-8-13(12)18)22-4-3-15(23)14(19)9-22/h5-8,14H,3-4,9,19H2,1-2H3. The van der Waals surface area contributed by atoms with Crippen LogP contribution in [-0.4, -0.2) is 34.0 Å². The van der Waals surface area contributed by atoms with E-state index in [0.717, 1.165) is 46.0 Å². The summed E-state index contributed by atoms with van der Waals surface area (Å²) in [7, 11) is 0. The van der Waals surface area contributed by atoms with Gasteiger partial charge < -0.3 is 10.6 Å². The third-order valence-electron chi connectivity index (χ3n) is 4.09. The van der Waals surface area contributed by atoms with Gasteiger partial charge in [-0.3, -0.25) is 4.98 Å². The first-order valence-electron chi connectivity index (χ1n) is 7.58. The highest BCUT2D eigenvalue weighted by Gasteiger charge is 2.23. The molecule has 4 nitrogen and oxygen atoms in total. The fourth-order valence-electron chi connectivity index (χ4n) is 2.85. The van der Waals surface area contributed by atoms with E-state index < -0.39 is 0 Å². The second-order valence-electron chi connectivity index (χ2n) is 5.97. The van der Waals surface area contributed by atoms with E-state index >= 15 is 0 Å². The van der Waals surface area contributed by atoms with E-state index in [4.69, 9.17) is 29.6 Å².